The topological polar surface area (TPSA) is 80.0 Å². The summed E-state index contributed by atoms with van der Waals surface area (Å²) in [5, 5.41) is 8.50. The largest absolute Gasteiger partial charge is 0.336 e. The zero-order valence-corrected chi connectivity index (χ0v) is 17.5. The van der Waals surface area contributed by atoms with Gasteiger partial charge in [0.15, 0.2) is 0 Å². The van der Waals surface area contributed by atoms with Gasteiger partial charge < -0.3 is 9.80 Å². The Kier molecular flexibility index (Phi) is 4.49. The number of aromatic nitrogens is 5. The zero-order valence-electron chi connectivity index (χ0n) is 17.5. The van der Waals surface area contributed by atoms with Crippen LogP contribution in [-0.4, -0.2) is 61.4 Å². The fraction of sp³-hybridized carbons (Fsp3) is 0.409. The molecule has 5 rings (SSSR count). The molecule has 30 heavy (non-hydrogen) atoms. The Morgan fingerprint density at radius 3 is 2.50 bits per heavy atom. The molecule has 1 aromatic carbocycles. The van der Waals surface area contributed by atoms with E-state index in [0.29, 0.717) is 18.0 Å². The summed E-state index contributed by atoms with van der Waals surface area (Å²) in [6.45, 7) is 8.37. The minimum absolute atomic E-state index is 0.0256. The Balaban J connectivity index is 1.40. The van der Waals surface area contributed by atoms with Crippen LogP contribution >= 0.6 is 0 Å². The quantitative estimate of drug-likeness (QED) is 0.668. The van der Waals surface area contributed by atoms with E-state index in [0.717, 1.165) is 48.1 Å². The molecule has 0 aliphatic carbocycles. The van der Waals surface area contributed by atoms with Crippen LogP contribution in [0.1, 0.15) is 33.7 Å². The highest BCUT2D eigenvalue weighted by atomic mass is 16.2. The summed E-state index contributed by atoms with van der Waals surface area (Å²) >= 11 is 0. The van der Waals surface area contributed by atoms with Crippen LogP contribution in [0.25, 0.3) is 5.69 Å². The lowest BCUT2D eigenvalue weighted by molar-refractivity contribution is 0.0589. The van der Waals surface area contributed by atoms with Gasteiger partial charge in [-0.2, -0.15) is 15.0 Å². The van der Waals surface area contributed by atoms with E-state index in [-0.39, 0.29) is 11.9 Å². The van der Waals surface area contributed by atoms with Gasteiger partial charge in [0, 0.05) is 36.9 Å². The molecule has 154 valence electrons. The van der Waals surface area contributed by atoms with E-state index < -0.39 is 0 Å². The second-order valence-electron chi connectivity index (χ2n) is 8.26. The molecule has 0 radical (unpaired) electrons. The summed E-state index contributed by atoms with van der Waals surface area (Å²) in [5.74, 6) is 1.39. The molecule has 0 saturated carbocycles. The van der Waals surface area contributed by atoms with Crippen molar-refractivity contribution in [3.63, 3.8) is 0 Å². The molecule has 2 aromatic heterocycles. The highest BCUT2D eigenvalue weighted by Gasteiger charge is 2.45. The molecular formula is C22H25N7O. The molecule has 3 aromatic rings. The van der Waals surface area contributed by atoms with Crippen LogP contribution in [0.15, 0.2) is 36.7 Å². The van der Waals surface area contributed by atoms with Gasteiger partial charge >= 0.3 is 0 Å². The van der Waals surface area contributed by atoms with Crippen molar-refractivity contribution in [3.05, 3.63) is 59.2 Å². The summed E-state index contributed by atoms with van der Waals surface area (Å²) in [5.41, 5.74) is 4.30. The number of benzene rings is 1. The highest BCUT2D eigenvalue weighted by molar-refractivity contribution is 5.98. The fourth-order valence-corrected chi connectivity index (χ4v) is 4.65. The molecule has 2 saturated heterocycles. The average molecular weight is 403 g/mol. The lowest BCUT2D eigenvalue weighted by Gasteiger charge is -2.53. The Morgan fingerprint density at radius 2 is 1.77 bits per heavy atom. The molecule has 2 aliphatic rings. The van der Waals surface area contributed by atoms with Gasteiger partial charge in [-0.25, -0.2) is 9.97 Å². The van der Waals surface area contributed by atoms with Crippen molar-refractivity contribution in [2.45, 2.75) is 33.2 Å². The van der Waals surface area contributed by atoms with E-state index in [1.807, 2.05) is 49.9 Å². The molecule has 0 N–H and O–H groups in total. The molecule has 1 amide bonds. The lowest BCUT2D eigenvalue weighted by atomic mass is 9.82. The van der Waals surface area contributed by atoms with E-state index in [2.05, 4.69) is 25.1 Å². The number of rotatable bonds is 3. The van der Waals surface area contributed by atoms with Gasteiger partial charge in [0.25, 0.3) is 5.91 Å². The summed E-state index contributed by atoms with van der Waals surface area (Å²) in [6.07, 6.45) is 4.25. The van der Waals surface area contributed by atoms with E-state index in [4.69, 9.17) is 0 Å². The predicted molar refractivity (Wildman–Crippen MR) is 113 cm³/mol. The number of amides is 1. The monoisotopic (exact) mass is 403 g/mol. The van der Waals surface area contributed by atoms with E-state index in [1.165, 1.54) is 4.80 Å². The third-order valence-corrected chi connectivity index (χ3v) is 6.15. The molecule has 0 bridgehead atoms. The van der Waals surface area contributed by atoms with Crippen LogP contribution in [0.5, 0.6) is 0 Å². The highest BCUT2D eigenvalue weighted by Crippen LogP contribution is 2.36. The number of carbonyl (C=O) groups excluding carboxylic acids is 1. The van der Waals surface area contributed by atoms with E-state index in [9.17, 15) is 4.79 Å². The average Bonchev–Trinajstić information content (AvgIpc) is 3.22. The van der Waals surface area contributed by atoms with Crippen molar-refractivity contribution in [3.8, 4) is 5.69 Å². The number of fused-ring (bicyclic) bond motifs is 1. The van der Waals surface area contributed by atoms with Gasteiger partial charge in [-0.15, -0.1) is 0 Å². The number of piperidine rings is 1. The fourth-order valence-electron chi connectivity index (χ4n) is 4.65. The molecule has 2 aliphatic heterocycles. The number of nitrogens with zero attached hydrogens (tertiary/aromatic N) is 7. The first kappa shape index (κ1) is 18.7. The van der Waals surface area contributed by atoms with Crippen molar-refractivity contribution in [2.75, 3.05) is 24.5 Å². The smallest absolute Gasteiger partial charge is 0.256 e. The van der Waals surface area contributed by atoms with Crippen LogP contribution in [0, 0.1) is 26.7 Å². The van der Waals surface area contributed by atoms with Gasteiger partial charge in [-0.1, -0.05) is 12.1 Å². The van der Waals surface area contributed by atoms with Gasteiger partial charge in [-0.05, 0) is 44.9 Å². The minimum atomic E-state index is 0.0256. The van der Waals surface area contributed by atoms with Crippen molar-refractivity contribution in [2.24, 2.45) is 5.92 Å². The zero-order chi connectivity index (χ0) is 20.8. The Hall–Kier alpha value is -3.29. The molecule has 2 atom stereocenters. The third kappa shape index (κ3) is 3.12. The number of aryl methyl sites for hydroxylation is 3. The molecule has 2 unspecified atom stereocenters. The minimum Gasteiger partial charge on any atom is -0.336 e. The van der Waals surface area contributed by atoms with Crippen molar-refractivity contribution >= 4 is 11.9 Å². The standard InChI is InChI=1S/C22H25N7O/c1-14-5-4-6-18(20(14)29-23-8-9-24-29)21(30)27-10-7-17-12-28(19(17)13-27)22-25-15(2)11-16(3)26-22/h4-6,8-9,11,17,19H,7,10,12-13H2,1-3H3. The van der Waals surface area contributed by atoms with Crippen LogP contribution in [0.4, 0.5) is 5.95 Å². The first-order valence-corrected chi connectivity index (χ1v) is 10.4. The third-order valence-electron chi connectivity index (χ3n) is 6.15. The van der Waals surface area contributed by atoms with Crippen LogP contribution in [-0.2, 0) is 0 Å². The summed E-state index contributed by atoms with van der Waals surface area (Å²) in [4.78, 5) is 28.5. The number of hydrogen-bond acceptors (Lipinski definition) is 6. The Morgan fingerprint density at radius 1 is 1.03 bits per heavy atom. The second-order valence-corrected chi connectivity index (χ2v) is 8.26. The first-order chi connectivity index (χ1) is 14.5. The molecule has 8 heteroatoms. The summed E-state index contributed by atoms with van der Waals surface area (Å²) in [6, 6.07) is 8.01. The van der Waals surface area contributed by atoms with Crippen LogP contribution in [0.2, 0.25) is 0 Å². The number of anilines is 1. The van der Waals surface area contributed by atoms with Crippen molar-refractivity contribution in [1.29, 1.82) is 0 Å². The number of para-hydroxylation sites is 1. The van der Waals surface area contributed by atoms with E-state index >= 15 is 0 Å². The van der Waals surface area contributed by atoms with E-state index in [1.54, 1.807) is 12.4 Å². The molecule has 0 spiro atoms. The lowest BCUT2D eigenvalue weighted by Crippen LogP contribution is -2.65. The maximum atomic E-state index is 13.5. The SMILES string of the molecule is Cc1cc(C)nc(N2CC3CCN(C(=O)c4cccc(C)c4-n4nccn4)CC32)n1. The Labute approximate surface area is 175 Å². The van der Waals surface area contributed by atoms with Gasteiger partial charge in [0.1, 0.15) is 5.69 Å². The van der Waals surface area contributed by atoms with Crippen molar-refractivity contribution in [1.82, 2.24) is 29.9 Å². The molecule has 2 fully saturated rings. The second kappa shape index (κ2) is 7.19. The molecule has 8 nitrogen and oxygen atoms in total. The number of likely N-dealkylation sites (tertiary alicyclic amines) is 1. The predicted octanol–water partition coefficient (Wildman–Crippen LogP) is 2.33. The van der Waals surface area contributed by atoms with Gasteiger partial charge in [-0.3, -0.25) is 4.79 Å². The summed E-state index contributed by atoms with van der Waals surface area (Å²) < 4.78 is 0. The number of hydrogen-bond donors (Lipinski definition) is 0. The first-order valence-electron chi connectivity index (χ1n) is 10.4. The number of carbonyl (C=O) groups is 1. The summed E-state index contributed by atoms with van der Waals surface area (Å²) in [7, 11) is 0. The molecule has 4 heterocycles. The maximum absolute atomic E-state index is 13.5. The van der Waals surface area contributed by atoms with Crippen molar-refractivity contribution < 1.29 is 4.79 Å². The molecular weight excluding hydrogens is 378 g/mol. The maximum Gasteiger partial charge on any atom is 0.256 e. The Bertz CT molecular complexity index is 1070. The van der Waals surface area contributed by atoms with Gasteiger partial charge in [0.2, 0.25) is 5.95 Å². The van der Waals surface area contributed by atoms with Crippen LogP contribution < -0.4 is 4.90 Å². The van der Waals surface area contributed by atoms with Crippen LogP contribution in [0.3, 0.4) is 0 Å². The van der Waals surface area contributed by atoms with Gasteiger partial charge in [0.05, 0.1) is 24.0 Å². The normalized spacial score (nSPS) is 20.6.